The number of hydrogen-bond donors (Lipinski definition) is 0. The maximum absolute atomic E-state index is 6.33. The van der Waals surface area contributed by atoms with Crippen LogP contribution in [0.5, 0.6) is 0 Å². The fourth-order valence-corrected chi connectivity index (χ4v) is 7.00. The zero-order valence-electron chi connectivity index (χ0n) is 39.3. The van der Waals surface area contributed by atoms with Gasteiger partial charge in [0.2, 0.25) is 0 Å². The molecule has 0 radical (unpaired) electrons. The average Bonchev–Trinajstić information content (AvgIpc) is 3.15. The SMILES string of the molecule is CC.CC.CC(C)C.CCC(=NC(c1ccc(Cl)cc1)C(C)C1=CC=C(Cl)CC1)C1(C)C=CC(C)(C(C)(C)C)C(C(C)CC)=C1CC.CCCC.[CH2-]C.[U]. The second kappa shape index (κ2) is 31.5. The van der Waals surface area contributed by atoms with Gasteiger partial charge in [-0.2, -0.15) is 6.92 Å². The Morgan fingerprint density at radius 1 is 0.796 bits per heavy atom. The Bertz CT molecular complexity index is 1260. The standard InChI is InChI=1S/C36H51Cl2N.2C4H10.2C2H6.C2H5.U/c1-11-24(4)32-30(12-2)35(9,22-23-36(32,10)34(6,7)8)31(13-3)39-33(27-16-20-29(38)21-17-27)25(5)26-14-18-28(37)19-15-26;1-4(2)3;1-3-4-2;3*1-2;/h14,16-18,20-25,33H,11-13,15,19H2,1-10H3;4H,1-3H3;3-4H2,1-2H3;2*1-2H3;1H2,2H3;/q;;;;;-1;. The summed E-state index contributed by atoms with van der Waals surface area (Å²) in [5.74, 6) is 1.61. The number of halogens is 2. The molecule has 0 saturated heterocycles. The second-order valence-electron chi connectivity index (χ2n) is 15.8. The van der Waals surface area contributed by atoms with Gasteiger partial charge in [-0.3, -0.25) is 4.99 Å². The minimum Gasteiger partial charge on any atom is -0.346 e. The van der Waals surface area contributed by atoms with E-state index in [9.17, 15) is 0 Å². The van der Waals surface area contributed by atoms with Crippen molar-refractivity contribution < 1.29 is 31.1 Å². The van der Waals surface area contributed by atoms with Gasteiger partial charge in [0.15, 0.2) is 0 Å². The Labute approximate surface area is 373 Å². The van der Waals surface area contributed by atoms with E-state index in [1.165, 1.54) is 29.7 Å². The summed E-state index contributed by atoms with van der Waals surface area (Å²) < 4.78 is 0. The number of hydrogen-bond acceptors (Lipinski definition) is 1. The smallest absolute Gasteiger partial charge is 0.0811 e. The van der Waals surface area contributed by atoms with Crippen LogP contribution in [-0.4, -0.2) is 5.71 Å². The maximum Gasteiger partial charge on any atom is 0.0811 e. The van der Waals surface area contributed by atoms with Crippen molar-refractivity contribution in [2.45, 2.75) is 189 Å². The van der Waals surface area contributed by atoms with E-state index in [-0.39, 0.29) is 59.3 Å². The van der Waals surface area contributed by atoms with Gasteiger partial charge in [-0.05, 0) is 80.1 Å². The Kier molecular flexibility index (Phi) is 35.1. The molecule has 0 amide bonds. The minimum absolute atomic E-state index is 0. The molecule has 0 aromatic heterocycles. The predicted molar refractivity (Wildman–Crippen MR) is 249 cm³/mol. The van der Waals surface area contributed by atoms with Crippen molar-refractivity contribution in [1.29, 1.82) is 0 Å². The van der Waals surface area contributed by atoms with Crippen LogP contribution in [0, 0.1) is 72.0 Å². The normalized spacial score (nSPS) is 20.9. The molecule has 54 heavy (non-hydrogen) atoms. The van der Waals surface area contributed by atoms with E-state index in [4.69, 9.17) is 28.2 Å². The zero-order chi connectivity index (χ0) is 42.2. The average molecular weight is 1010 g/mol. The molecule has 2 aliphatic carbocycles. The number of nitrogens with zero attached hydrogens (tertiary/aromatic N) is 1. The molecule has 0 bridgehead atoms. The van der Waals surface area contributed by atoms with Gasteiger partial charge in [0, 0.05) is 63.6 Å². The van der Waals surface area contributed by atoms with Crippen molar-refractivity contribution >= 4 is 28.9 Å². The van der Waals surface area contributed by atoms with E-state index in [0.29, 0.717) is 5.92 Å². The summed E-state index contributed by atoms with van der Waals surface area (Å²) in [6.07, 6.45) is 16.9. The van der Waals surface area contributed by atoms with Gasteiger partial charge in [0.05, 0.1) is 6.04 Å². The van der Waals surface area contributed by atoms with Gasteiger partial charge in [-0.1, -0.05) is 208 Å². The summed E-state index contributed by atoms with van der Waals surface area (Å²) in [4.78, 5) is 5.71. The third-order valence-electron chi connectivity index (χ3n) is 10.4. The van der Waals surface area contributed by atoms with E-state index >= 15 is 0 Å². The van der Waals surface area contributed by atoms with Crippen molar-refractivity contribution in [1.82, 2.24) is 0 Å². The van der Waals surface area contributed by atoms with Crippen LogP contribution in [0.25, 0.3) is 0 Å². The van der Waals surface area contributed by atoms with E-state index < -0.39 is 0 Å². The molecule has 0 fully saturated rings. The van der Waals surface area contributed by atoms with Crippen LogP contribution in [0.4, 0.5) is 0 Å². The Morgan fingerprint density at radius 3 is 1.63 bits per heavy atom. The van der Waals surface area contributed by atoms with Crippen LogP contribution in [0.2, 0.25) is 5.02 Å². The van der Waals surface area contributed by atoms with Crippen LogP contribution in [0.15, 0.2) is 75.3 Å². The van der Waals surface area contributed by atoms with Crippen LogP contribution in [0.1, 0.15) is 195 Å². The molecule has 2 aliphatic rings. The van der Waals surface area contributed by atoms with Crippen LogP contribution >= 0.6 is 23.2 Å². The van der Waals surface area contributed by atoms with Crippen molar-refractivity contribution in [3.05, 3.63) is 87.8 Å². The van der Waals surface area contributed by atoms with Crippen LogP contribution in [-0.2, 0) is 0 Å². The maximum atomic E-state index is 6.33. The largest absolute Gasteiger partial charge is 0.346 e. The molecule has 1 aromatic carbocycles. The molecule has 0 aliphatic heterocycles. The zero-order valence-corrected chi connectivity index (χ0v) is 45.0. The van der Waals surface area contributed by atoms with Crippen LogP contribution < -0.4 is 0 Å². The van der Waals surface area contributed by atoms with Crippen molar-refractivity contribution in [2.24, 2.45) is 39.0 Å². The van der Waals surface area contributed by atoms with E-state index in [0.717, 1.165) is 48.1 Å². The van der Waals surface area contributed by atoms with Crippen LogP contribution in [0.3, 0.4) is 0 Å². The molecule has 1 aromatic rings. The monoisotopic (exact) mass is 1010 g/mol. The summed E-state index contributed by atoms with van der Waals surface area (Å²) >= 11 is 12.6. The first-order valence-electron chi connectivity index (χ1n) is 21.4. The summed E-state index contributed by atoms with van der Waals surface area (Å²) in [5, 5.41) is 1.69. The van der Waals surface area contributed by atoms with Crippen molar-refractivity contribution in [3.8, 4) is 0 Å². The number of rotatable bonds is 10. The molecule has 5 unspecified atom stereocenters. The topological polar surface area (TPSA) is 12.4 Å². The summed E-state index contributed by atoms with van der Waals surface area (Å²) in [7, 11) is 0. The molecule has 3 rings (SSSR count). The first-order valence-corrected chi connectivity index (χ1v) is 22.2. The van der Waals surface area contributed by atoms with E-state index in [1.807, 2.05) is 39.8 Å². The molecule has 1 nitrogen and oxygen atoms in total. The Morgan fingerprint density at radius 2 is 1.28 bits per heavy atom. The van der Waals surface area contributed by atoms with E-state index in [2.05, 4.69) is 147 Å². The summed E-state index contributed by atoms with van der Waals surface area (Å²) in [5.41, 5.74) is 7.00. The summed E-state index contributed by atoms with van der Waals surface area (Å²) in [6.45, 7) is 47.6. The molecule has 4 heteroatoms. The van der Waals surface area contributed by atoms with Gasteiger partial charge in [-0.15, -0.1) is 0 Å². The van der Waals surface area contributed by atoms with Crippen molar-refractivity contribution in [2.75, 3.05) is 0 Å². The number of benzene rings is 1. The summed E-state index contributed by atoms with van der Waals surface area (Å²) in [6, 6.07) is 8.32. The van der Waals surface area contributed by atoms with Gasteiger partial charge in [0.1, 0.15) is 0 Å². The second-order valence-corrected chi connectivity index (χ2v) is 16.8. The molecule has 0 spiro atoms. The number of allylic oxidation sites excluding steroid dienone is 7. The molecule has 5 atom stereocenters. The van der Waals surface area contributed by atoms with Gasteiger partial charge < -0.3 is 6.92 Å². The Hall–Kier alpha value is -0.518. The molecule has 0 N–H and O–H groups in total. The third kappa shape index (κ3) is 18.4. The molecule has 0 heterocycles. The minimum atomic E-state index is -0.207. The number of unbranched alkanes of at least 4 members (excludes halogenated alkanes) is 1. The first-order chi connectivity index (χ1) is 24.9. The predicted octanol–water partition coefficient (Wildman–Crippen LogP) is 18.5. The van der Waals surface area contributed by atoms with Gasteiger partial charge in [0.25, 0.3) is 0 Å². The quantitative estimate of drug-likeness (QED) is 0.126. The number of aliphatic imine (C=N–C) groups is 1. The van der Waals surface area contributed by atoms with Gasteiger partial charge in [-0.25, -0.2) is 0 Å². The molecule has 312 valence electrons. The molecule has 0 saturated carbocycles. The fourth-order valence-electron chi connectivity index (χ4n) is 6.72. The first kappa shape index (κ1) is 60.2. The molecular formula is C50H88Cl2NU-. The van der Waals surface area contributed by atoms with Gasteiger partial charge >= 0.3 is 0 Å². The molecular weight excluding hydrogens is 923 g/mol. The van der Waals surface area contributed by atoms with Crippen molar-refractivity contribution in [3.63, 3.8) is 0 Å². The third-order valence-corrected chi connectivity index (χ3v) is 11.0. The fraction of sp³-hybridized carbons (Fsp3) is 0.680. The Balaban J connectivity index is -0.000000728. The van der Waals surface area contributed by atoms with E-state index in [1.54, 1.807) is 18.1 Å².